The van der Waals surface area contributed by atoms with Crippen LogP contribution in [0.5, 0.6) is 0 Å². The van der Waals surface area contributed by atoms with Gasteiger partial charge in [-0.25, -0.2) is 4.98 Å². The zero-order chi connectivity index (χ0) is 10.9. The average Bonchev–Trinajstić information content (AvgIpc) is 2.23. The third-order valence-corrected chi connectivity index (χ3v) is 1.91. The Morgan fingerprint density at radius 3 is 3.07 bits per heavy atom. The Morgan fingerprint density at radius 2 is 2.33 bits per heavy atom. The van der Waals surface area contributed by atoms with Crippen molar-refractivity contribution in [3.63, 3.8) is 0 Å². The Labute approximate surface area is 91.2 Å². The van der Waals surface area contributed by atoms with Gasteiger partial charge >= 0.3 is 0 Å². The standard InChI is InChI=1S/C12H18N2O/c1-3-4-9-15-10-8-13-12-7-5-6-11(2)14-12/h3,5-7H,1,4,8-10H2,2H3,(H,13,14). The summed E-state index contributed by atoms with van der Waals surface area (Å²) in [7, 11) is 0. The fourth-order valence-electron chi connectivity index (χ4n) is 1.16. The van der Waals surface area contributed by atoms with Crippen LogP contribution in [0.25, 0.3) is 0 Å². The van der Waals surface area contributed by atoms with Crippen LogP contribution in [0, 0.1) is 6.92 Å². The number of anilines is 1. The van der Waals surface area contributed by atoms with E-state index in [-0.39, 0.29) is 0 Å². The van der Waals surface area contributed by atoms with Gasteiger partial charge < -0.3 is 10.1 Å². The number of hydrogen-bond donors (Lipinski definition) is 1. The minimum atomic E-state index is 0.698. The van der Waals surface area contributed by atoms with Crippen LogP contribution in [0.2, 0.25) is 0 Å². The first-order valence-corrected chi connectivity index (χ1v) is 5.19. The Kier molecular flexibility index (Phi) is 5.48. The van der Waals surface area contributed by atoms with E-state index < -0.39 is 0 Å². The van der Waals surface area contributed by atoms with Crippen molar-refractivity contribution in [2.75, 3.05) is 25.1 Å². The molecule has 0 amide bonds. The lowest BCUT2D eigenvalue weighted by Gasteiger charge is -2.06. The maximum absolute atomic E-state index is 5.36. The number of nitrogens with one attached hydrogen (secondary N) is 1. The minimum absolute atomic E-state index is 0.698. The van der Waals surface area contributed by atoms with E-state index in [0.717, 1.165) is 31.1 Å². The summed E-state index contributed by atoms with van der Waals surface area (Å²) < 4.78 is 5.36. The van der Waals surface area contributed by atoms with Crippen LogP contribution in [-0.2, 0) is 4.74 Å². The van der Waals surface area contributed by atoms with Gasteiger partial charge in [-0.3, -0.25) is 0 Å². The molecule has 0 unspecified atom stereocenters. The number of pyridine rings is 1. The Morgan fingerprint density at radius 1 is 1.47 bits per heavy atom. The van der Waals surface area contributed by atoms with Crippen molar-refractivity contribution in [1.29, 1.82) is 0 Å². The van der Waals surface area contributed by atoms with E-state index in [1.54, 1.807) is 0 Å². The fraction of sp³-hybridized carbons (Fsp3) is 0.417. The molecule has 0 atom stereocenters. The normalized spacial score (nSPS) is 9.93. The molecule has 15 heavy (non-hydrogen) atoms. The van der Waals surface area contributed by atoms with Crippen molar-refractivity contribution in [2.24, 2.45) is 0 Å². The van der Waals surface area contributed by atoms with E-state index in [9.17, 15) is 0 Å². The number of rotatable bonds is 7. The molecule has 0 fully saturated rings. The Balaban J connectivity index is 2.12. The van der Waals surface area contributed by atoms with Gasteiger partial charge in [-0.1, -0.05) is 12.1 Å². The molecule has 1 heterocycles. The van der Waals surface area contributed by atoms with Gasteiger partial charge in [0.25, 0.3) is 0 Å². The summed E-state index contributed by atoms with van der Waals surface area (Å²) in [6.07, 6.45) is 2.76. The summed E-state index contributed by atoms with van der Waals surface area (Å²) in [5.41, 5.74) is 1.02. The van der Waals surface area contributed by atoms with E-state index in [1.807, 2.05) is 31.2 Å². The molecule has 0 radical (unpaired) electrons. The van der Waals surface area contributed by atoms with Gasteiger partial charge in [0.2, 0.25) is 0 Å². The molecule has 0 saturated heterocycles. The van der Waals surface area contributed by atoms with Gasteiger partial charge in [0.05, 0.1) is 13.2 Å². The second kappa shape index (κ2) is 7.01. The first-order valence-electron chi connectivity index (χ1n) is 5.19. The molecule has 0 bridgehead atoms. The summed E-state index contributed by atoms with van der Waals surface area (Å²) in [4.78, 5) is 4.32. The highest BCUT2D eigenvalue weighted by molar-refractivity contribution is 5.34. The SMILES string of the molecule is C=CCCOCCNc1cccc(C)n1. The van der Waals surface area contributed by atoms with Crippen molar-refractivity contribution >= 4 is 5.82 Å². The minimum Gasteiger partial charge on any atom is -0.379 e. The molecule has 0 saturated carbocycles. The summed E-state index contributed by atoms with van der Waals surface area (Å²) in [6, 6.07) is 5.92. The van der Waals surface area contributed by atoms with Gasteiger partial charge in [-0.05, 0) is 25.5 Å². The highest BCUT2D eigenvalue weighted by atomic mass is 16.5. The maximum Gasteiger partial charge on any atom is 0.126 e. The predicted molar refractivity (Wildman–Crippen MR) is 63.1 cm³/mol. The van der Waals surface area contributed by atoms with E-state index in [0.29, 0.717) is 6.61 Å². The van der Waals surface area contributed by atoms with Gasteiger partial charge in [0.1, 0.15) is 5.82 Å². The zero-order valence-electron chi connectivity index (χ0n) is 9.20. The van der Waals surface area contributed by atoms with Crippen LogP contribution in [-0.4, -0.2) is 24.7 Å². The Hall–Kier alpha value is -1.35. The lowest BCUT2D eigenvalue weighted by molar-refractivity contribution is 0.149. The maximum atomic E-state index is 5.36. The zero-order valence-corrected chi connectivity index (χ0v) is 9.20. The van der Waals surface area contributed by atoms with Gasteiger partial charge in [-0.15, -0.1) is 6.58 Å². The third kappa shape index (κ3) is 5.18. The summed E-state index contributed by atoms with van der Waals surface area (Å²) in [5.74, 6) is 0.905. The smallest absolute Gasteiger partial charge is 0.126 e. The van der Waals surface area contributed by atoms with Crippen LogP contribution in [0.15, 0.2) is 30.9 Å². The first-order chi connectivity index (χ1) is 7.33. The molecule has 82 valence electrons. The number of aryl methyl sites for hydroxylation is 1. The molecular weight excluding hydrogens is 188 g/mol. The van der Waals surface area contributed by atoms with E-state index in [2.05, 4.69) is 16.9 Å². The van der Waals surface area contributed by atoms with Crippen LogP contribution in [0.3, 0.4) is 0 Å². The predicted octanol–water partition coefficient (Wildman–Crippen LogP) is 2.39. The van der Waals surface area contributed by atoms with Crippen molar-refractivity contribution in [1.82, 2.24) is 4.98 Å². The third-order valence-electron chi connectivity index (χ3n) is 1.91. The van der Waals surface area contributed by atoms with E-state index >= 15 is 0 Å². The van der Waals surface area contributed by atoms with Crippen LogP contribution in [0.4, 0.5) is 5.82 Å². The van der Waals surface area contributed by atoms with Crippen LogP contribution in [0.1, 0.15) is 12.1 Å². The van der Waals surface area contributed by atoms with Gasteiger partial charge in [0.15, 0.2) is 0 Å². The van der Waals surface area contributed by atoms with Gasteiger partial charge in [0, 0.05) is 12.2 Å². The van der Waals surface area contributed by atoms with Crippen molar-refractivity contribution < 1.29 is 4.74 Å². The van der Waals surface area contributed by atoms with Crippen molar-refractivity contribution in [3.8, 4) is 0 Å². The molecule has 0 spiro atoms. The lowest BCUT2D eigenvalue weighted by Crippen LogP contribution is -2.10. The largest absolute Gasteiger partial charge is 0.379 e. The van der Waals surface area contributed by atoms with Crippen molar-refractivity contribution in [2.45, 2.75) is 13.3 Å². The highest BCUT2D eigenvalue weighted by Crippen LogP contribution is 2.02. The molecule has 0 aliphatic heterocycles. The molecular formula is C12H18N2O. The van der Waals surface area contributed by atoms with Crippen molar-refractivity contribution in [3.05, 3.63) is 36.5 Å². The van der Waals surface area contributed by atoms with E-state index in [1.165, 1.54) is 0 Å². The molecule has 1 aromatic rings. The quantitative estimate of drug-likeness (QED) is 0.549. The summed E-state index contributed by atoms with van der Waals surface area (Å²) in [6.45, 7) is 7.83. The monoisotopic (exact) mass is 206 g/mol. The van der Waals surface area contributed by atoms with Gasteiger partial charge in [-0.2, -0.15) is 0 Å². The summed E-state index contributed by atoms with van der Waals surface area (Å²) in [5, 5.41) is 3.20. The average molecular weight is 206 g/mol. The first kappa shape index (κ1) is 11.7. The van der Waals surface area contributed by atoms with Crippen LogP contribution < -0.4 is 5.32 Å². The number of nitrogens with zero attached hydrogens (tertiary/aromatic N) is 1. The Bertz CT molecular complexity index is 299. The molecule has 1 N–H and O–H groups in total. The lowest BCUT2D eigenvalue weighted by atomic mass is 10.4. The van der Waals surface area contributed by atoms with E-state index in [4.69, 9.17) is 4.74 Å². The van der Waals surface area contributed by atoms with Crippen LogP contribution >= 0.6 is 0 Å². The molecule has 3 nitrogen and oxygen atoms in total. The highest BCUT2D eigenvalue weighted by Gasteiger charge is 1.92. The molecule has 3 heteroatoms. The molecule has 1 rings (SSSR count). The summed E-state index contributed by atoms with van der Waals surface area (Å²) >= 11 is 0. The second-order valence-electron chi connectivity index (χ2n) is 3.28. The molecule has 1 aromatic heterocycles. The second-order valence-corrected chi connectivity index (χ2v) is 3.28. The number of aromatic nitrogens is 1. The molecule has 0 aliphatic rings. The topological polar surface area (TPSA) is 34.1 Å². The molecule has 0 aliphatic carbocycles. The number of hydrogen-bond acceptors (Lipinski definition) is 3. The fourth-order valence-corrected chi connectivity index (χ4v) is 1.16. The number of ether oxygens (including phenoxy) is 1. The molecule has 0 aromatic carbocycles.